The molecule has 1 saturated heterocycles. The Labute approximate surface area is 113 Å². The smallest absolute Gasteiger partial charge is 0.0683 e. The van der Waals surface area contributed by atoms with Gasteiger partial charge in [-0.2, -0.15) is 0 Å². The van der Waals surface area contributed by atoms with Gasteiger partial charge in [-0.3, -0.25) is 4.90 Å². The SMILES string of the molecule is C[C@H](CN1C[C@@H](O)C[C@H]1CO)c1cccc(Cl)c1. The molecule has 0 aliphatic carbocycles. The van der Waals surface area contributed by atoms with Crippen LogP contribution in [-0.2, 0) is 0 Å². The van der Waals surface area contributed by atoms with Crippen LogP contribution in [-0.4, -0.2) is 47.0 Å². The standard InChI is InChI=1S/C14H20ClNO2/c1-10(11-3-2-4-12(15)5-11)7-16-8-14(18)6-13(16)9-17/h2-5,10,13-14,17-18H,6-9H2,1H3/t10-,13+,14+/m1/s1. The molecule has 3 nitrogen and oxygen atoms in total. The molecule has 0 saturated carbocycles. The second kappa shape index (κ2) is 6.02. The molecule has 1 heterocycles. The van der Waals surface area contributed by atoms with Crippen molar-refractivity contribution in [1.82, 2.24) is 4.90 Å². The van der Waals surface area contributed by atoms with Crippen LogP contribution in [0.2, 0.25) is 5.02 Å². The minimum Gasteiger partial charge on any atom is -0.395 e. The number of likely N-dealkylation sites (tertiary alicyclic amines) is 1. The van der Waals surface area contributed by atoms with Gasteiger partial charge in [-0.15, -0.1) is 0 Å². The molecule has 1 aliphatic heterocycles. The molecular formula is C14H20ClNO2. The van der Waals surface area contributed by atoms with Gasteiger partial charge in [0.15, 0.2) is 0 Å². The maximum Gasteiger partial charge on any atom is 0.0683 e. The first kappa shape index (κ1) is 13.8. The number of hydrogen-bond acceptors (Lipinski definition) is 3. The quantitative estimate of drug-likeness (QED) is 0.877. The molecule has 0 amide bonds. The number of benzene rings is 1. The van der Waals surface area contributed by atoms with Gasteiger partial charge in [-0.25, -0.2) is 0 Å². The van der Waals surface area contributed by atoms with Gasteiger partial charge in [0.1, 0.15) is 0 Å². The monoisotopic (exact) mass is 269 g/mol. The Bertz CT molecular complexity index is 399. The second-order valence-corrected chi connectivity index (χ2v) is 5.57. The van der Waals surface area contributed by atoms with E-state index in [9.17, 15) is 10.2 Å². The van der Waals surface area contributed by atoms with Crippen molar-refractivity contribution in [2.75, 3.05) is 19.7 Å². The van der Waals surface area contributed by atoms with E-state index in [0.717, 1.165) is 11.6 Å². The predicted molar refractivity (Wildman–Crippen MR) is 72.9 cm³/mol. The molecule has 0 bridgehead atoms. The van der Waals surface area contributed by atoms with Crippen LogP contribution in [0.5, 0.6) is 0 Å². The van der Waals surface area contributed by atoms with E-state index in [-0.39, 0.29) is 18.8 Å². The van der Waals surface area contributed by atoms with Gasteiger partial charge in [0, 0.05) is 24.2 Å². The van der Waals surface area contributed by atoms with Crippen molar-refractivity contribution >= 4 is 11.6 Å². The Morgan fingerprint density at radius 3 is 2.94 bits per heavy atom. The zero-order chi connectivity index (χ0) is 13.1. The lowest BCUT2D eigenvalue weighted by Gasteiger charge is -2.26. The first-order valence-corrected chi connectivity index (χ1v) is 6.76. The van der Waals surface area contributed by atoms with Crippen LogP contribution in [0.4, 0.5) is 0 Å². The van der Waals surface area contributed by atoms with Crippen LogP contribution >= 0.6 is 11.6 Å². The summed E-state index contributed by atoms with van der Waals surface area (Å²) in [6.07, 6.45) is 0.354. The topological polar surface area (TPSA) is 43.7 Å². The van der Waals surface area contributed by atoms with E-state index in [1.165, 1.54) is 5.56 Å². The van der Waals surface area contributed by atoms with E-state index in [4.69, 9.17) is 11.6 Å². The van der Waals surface area contributed by atoms with Gasteiger partial charge in [0.05, 0.1) is 12.7 Å². The Morgan fingerprint density at radius 1 is 1.50 bits per heavy atom. The first-order chi connectivity index (χ1) is 8.60. The Balaban J connectivity index is 2.00. The largest absolute Gasteiger partial charge is 0.395 e. The number of hydrogen-bond donors (Lipinski definition) is 2. The highest BCUT2D eigenvalue weighted by molar-refractivity contribution is 6.30. The van der Waals surface area contributed by atoms with Crippen molar-refractivity contribution in [3.05, 3.63) is 34.9 Å². The zero-order valence-corrected chi connectivity index (χ0v) is 11.3. The minimum atomic E-state index is -0.311. The normalized spacial score (nSPS) is 26.4. The molecular weight excluding hydrogens is 250 g/mol. The molecule has 2 rings (SSSR count). The van der Waals surface area contributed by atoms with E-state index < -0.39 is 0 Å². The van der Waals surface area contributed by atoms with E-state index in [2.05, 4.69) is 17.9 Å². The number of nitrogens with zero attached hydrogens (tertiary/aromatic N) is 1. The average molecular weight is 270 g/mol. The molecule has 0 radical (unpaired) electrons. The summed E-state index contributed by atoms with van der Waals surface area (Å²) >= 11 is 5.99. The van der Waals surface area contributed by atoms with Crippen molar-refractivity contribution in [3.63, 3.8) is 0 Å². The highest BCUT2D eigenvalue weighted by Gasteiger charge is 2.31. The third-order valence-corrected chi connectivity index (χ3v) is 3.88. The number of rotatable bonds is 4. The van der Waals surface area contributed by atoms with Gasteiger partial charge in [0.2, 0.25) is 0 Å². The molecule has 1 aromatic carbocycles. The molecule has 4 heteroatoms. The van der Waals surface area contributed by atoms with Crippen molar-refractivity contribution in [2.24, 2.45) is 0 Å². The lowest BCUT2D eigenvalue weighted by Crippen LogP contribution is -2.35. The van der Waals surface area contributed by atoms with Crippen LogP contribution in [0.15, 0.2) is 24.3 Å². The van der Waals surface area contributed by atoms with Gasteiger partial charge in [-0.05, 0) is 30.0 Å². The van der Waals surface area contributed by atoms with Gasteiger partial charge in [-0.1, -0.05) is 30.7 Å². The van der Waals surface area contributed by atoms with Gasteiger partial charge >= 0.3 is 0 Å². The summed E-state index contributed by atoms with van der Waals surface area (Å²) in [6, 6.07) is 7.95. The molecule has 1 fully saturated rings. The Morgan fingerprint density at radius 2 is 2.28 bits per heavy atom. The number of aliphatic hydroxyl groups is 2. The van der Waals surface area contributed by atoms with Crippen molar-refractivity contribution < 1.29 is 10.2 Å². The third-order valence-electron chi connectivity index (χ3n) is 3.64. The summed E-state index contributed by atoms with van der Waals surface area (Å²) in [6.45, 7) is 3.74. The maximum absolute atomic E-state index is 9.65. The van der Waals surface area contributed by atoms with E-state index in [1.54, 1.807) is 0 Å². The average Bonchev–Trinajstić information content (AvgIpc) is 2.69. The van der Waals surface area contributed by atoms with Gasteiger partial charge in [0.25, 0.3) is 0 Å². The van der Waals surface area contributed by atoms with Crippen molar-refractivity contribution in [1.29, 1.82) is 0 Å². The lowest BCUT2D eigenvalue weighted by molar-refractivity contribution is 0.150. The molecule has 100 valence electrons. The zero-order valence-electron chi connectivity index (χ0n) is 10.6. The second-order valence-electron chi connectivity index (χ2n) is 5.14. The fourth-order valence-electron chi connectivity index (χ4n) is 2.64. The molecule has 2 N–H and O–H groups in total. The number of β-amino-alcohol motifs (C(OH)–C–C–N with tert-alkyl or cyclic N) is 1. The fraction of sp³-hybridized carbons (Fsp3) is 0.571. The Kier molecular flexibility index (Phi) is 4.62. The molecule has 0 unspecified atom stereocenters. The summed E-state index contributed by atoms with van der Waals surface area (Å²) in [7, 11) is 0. The van der Waals surface area contributed by atoms with Crippen LogP contribution in [0.1, 0.15) is 24.8 Å². The summed E-state index contributed by atoms with van der Waals surface area (Å²) in [5.74, 6) is 0.336. The van der Waals surface area contributed by atoms with Crippen LogP contribution in [0.25, 0.3) is 0 Å². The van der Waals surface area contributed by atoms with Gasteiger partial charge < -0.3 is 10.2 Å². The van der Waals surface area contributed by atoms with Crippen LogP contribution in [0, 0.1) is 0 Å². The van der Waals surface area contributed by atoms with E-state index in [0.29, 0.717) is 18.9 Å². The third kappa shape index (κ3) is 3.23. The lowest BCUT2D eigenvalue weighted by atomic mass is 10.0. The molecule has 0 aromatic heterocycles. The fourth-order valence-corrected chi connectivity index (χ4v) is 2.84. The summed E-state index contributed by atoms with van der Waals surface area (Å²) in [4.78, 5) is 2.16. The molecule has 3 atom stereocenters. The number of aliphatic hydroxyl groups excluding tert-OH is 2. The van der Waals surface area contributed by atoms with Crippen LogP contribution < -0.4 is 0 Å². The Hall–Kier alpha value is -0.610. The molecule has 1 aliphatic rings. The van der Waals surface area contributed by atoms with Crippen LogP contribution in [0.3, 0.4) is 0 Å². The number of halogens is 1. The first-order valence-electron chi connectivity index (χ1n) is 6.38. The molecule has 0 spiro atoms. The summed E-state index contributed by atoms with van der Waals surface area (Å²) in [5, 5.41) is 19.7. The van der Waals surface area contributed by atoms with Crippen molar-refractivity contribution in [3.8, 4) is 0 Å². The highest BCUT2D eigenvalue weighted by atomic mass is 35.5. The maximum atomic E-state index is 9.65. The minimum absolute atomic E-state index is 0.0848. The summed E-state index contributed by atoms with van der Waals surface area (Å²) < 4.78 is 0. The molecule has 18 heavy (non-hydrogen) atoms. The highest BCUT2D eigenvalue weighted by Crippen LogP contribution is 2.24. The van der Waals surface area contributed by atoms with E-state index >= 15 is 0 Å². The molecule has 1 aromatic rings. The van der Waals surface area contributed by atoms with Crippen molar-refractivity contribution in [2.45, 2.75) is 31.4 Å². The summed E-state index contributed by atoms with van der Waals surface area (Å²) in [5.41, 5.74) is 1.19. The van der Waals surface area contributed by atoms with E-state index in [1.807, 2.05) is 18.2 Å². The predicted octanol–water partition coefficient (Wildman–Crippen LogP) is 1.87.